The molecule has 0 aliphatic heterocycles. The molecule has 0 bridgehead atoms. The zero-order chi connectivity index (χ0) is 20.1. The summed E-state index contributed by atoms with van der Waals surface area (Å²) in [5.74, 6) is 0.219. The van der Waals surface area contributed by atoms with Gasteiger partial charge in [0.2, 0.25) is 10.0 Å². The molecule has 0 radical (unpaired) electrons. The van der Waals surface area contributed by atoms with Crippen LogP contribution >= 0.6 is 0 Å². The molecule has 9 heteroatoms. The minimum atomic E-state index is -3.88. The monoisotopic (exact) mass is 395 g/mol. The van der Waals surface area contributed by atoms with Gasteiger partial charge in [-0.05, 0) is 36.8 Å². The van der Waals surface area contributed by atoms with Crippen LogP contribution < -0.4 is 10.0 Å². The van der Waals surface area contributed by atoms with Gasteiger partial charge in [-0.25, -0.2) is 13.4 Å². The Bertz CT molecular complexity index is 1150. The van der Waals surface area contributed by atoms with Gasteiger partial charge in [0.25, 0.3) is 5.91 Å². The first kappa shape index (κ1) is 19.3. The van der Waals surface area contributed by atoms with Gasteiger partial charge in [0, 0.05) is 29.2 Å². The number of hydrogen-bond acceptors (Lipinski definition) is 5. The maximum atomic E-state index is 12.6. The Balaban J connectivity index is 1.85. The van der Waals surface area contributed by atoms with Crippen molar-refractivity contribution in [1.29, 1.82) is 5.26 Å². The van der Waals surface area contributed by atoms with E-state index in [9.17, 15) is 13.2 Å². The summed E-state index contributed by atoms with van der Waals surface area (Å²) in [4.78, 5) is 19.7. The van der Waals surface area contributed by atoms with Gasteiger partial charge in [-0.3, -0.25) is 4.79 Å². The average Bonchev–Trinajstić information content (AvgIpc) is 3.21. The van der Waals surface area contributed by atoms with E-state index in [1.54, 1.807) is 55.7 Å². The molecule has 28 heavy (non-hydrogen) atoms. The van der Waals surface area contributed by atoms with Crippen molar-refractivity contribution in [2.45, 2.75) is 11.8 Å². The third-order valence-corrected chi connectivity index (χ3v) is 5.52. The molecule has 1 aromatic heterocycles. The Labute approximate surface area is 162 Å². The third kappa shape index (κ3) is 4.25. The lowest BCUT2D eigenvalue weighted by molar-refractivity contribution is 0.102. The number of aryl methyl sites for hydroxylation is 1. The maximum absolute atomic E-state index is 12.6. The molecule has 3 aromatic rings. The minimum absolute atomic E-state index is 0.0419. The number of rotatable bonds is 6. The lowest BCUT2D eigenvalue weighted by Gasteiger charge is -2.11. The van der Waals surface area contributed by atoms with Gasteiger partial charge in [0.15, 0.2) is 0 Å². The Morgan fingerprint density at radius 3 is 2.79 bits per heavy atom. The number of amides is 1. The Morgan fingerprint density at radius 2 is 2.07 bits per heavy atom. The highest BCUT2D eigenvalue weighted by Gasteiger charge is 2.19. The third-order valence-electron chi connectivity index (χ3n) is 3.97. The predicted molar refractivity (Wildman–Crippen MR) is 104 cm³/mol. The van der Waals surface area contributed by atoms with Crippen molar-refractivity contribution in [3.05, 3.63) is 66.0 Å². The van der Waals surface area contributed by atoms with Crippen molar-refractivity contribution in [3.8, 4) is 17.5 Å². The molecule has 3 N–H and O–H groups in total. The van der Waals surface area contributed by atoms with Crippen LogP contribution in [-0.2, 0) is 10.0 Å². The maximum Gasteiger partial charge on any atom is 0.255 e. The molecule has 0 fully saturated rings. The summed E-state index contributed by atoms with van der Waals surface area (Å²) < 4.78 is 26.8. The highest BCUT2D eigenvalue weighted by atomic mass is 32.2. The second-order valence-corrected chi connectivity index (χ2v) is 7.67. The molecule has 0 atom stereocenters. The van der Waals surface area contributed by atoms with Gasteiger partial charge in [0.1, 0.15) is 5.82 Å². The first-order valence-electron chi connectivity index (χ1n) is 8.29. The fraction of sp³-hybridized carbons (Fsp3) is 0.105. The zero-order valence-corrected chi connectivity index (χ0v) is 15.7. The van der Waals surface area contributed by atoms with E-state index in [2.05, 4.69) is 20.0 Å². The molecule has 1 amide bonds. The van der Waals surface area contributed by atoms with Crippen molar-refractivity contribution in [1.82, 2.24) is 14.7 Å². The number of imidazole rings is 1. The number of benzene rings is 2. The number of aromatic nitrogens is 2. The van der Waals surface area contributed by atoms with Gasteiger partial charge in [-0.2, -0.15) is 9.98 Å². The lowest BCUT2D eigenvalue weighted by Crippen LogP contribution is -2.25. The normalized spacial score (nSPS) is 11.0. The number of sulfonamides is 1. The smallest absolute Gasteiger partial charge is 0.255 e. The van der Waals surface area contributed by atoms with E-state index >= 15 is 0 Å². The van der Waals surface area contributed by atoms with Gasteiger partial charge >= 0.3 is 0 Å². The van der Waals surface area contributed by atoms with Crippen LogP contribution in [0.3, 0.4) is 0 Å². The van der Waals surface area contributed by atoms with Crippen molar-refractivity contribution in [2.75, 3.05) is 11.9 Å². The number of nitrogens with one attached hydrogen (secondary N) is 3. The molecular weight excluding hydrogens is 378 g/mol. The molecule has 1 heterocycles. The summed E-state index contributed by atoms with van der Waals surface area (Å²) in [6.45, 7) is 1.27. The van der Waals surface area contributed by atoms with Crippen molar-refractivity contribution >= 4 is 21.6 Å². The van der Waals surface area contributed by atoms with Crippen LogP contribution in [0.1, 0.15) is 15.9 Å². The number of carbonyl (C=O) groups is 1. The van der Waals surface area contributed by atoms with Crippen molar-refractivity contribution in [2.24, 2.45) is 0 Å². The Hall–Kier alpha value is -3.48. The van der Waals surface area contributed by atoms with E-state index in [4.69, 9.17) is 5.26 Å². The molecule has 0 aliphatic rings. The van der Waals surface area contributed by atoms with E-state index in [1.807, 2.05) is 6.07 Å². The van der Waals surface area contributed by atoms with E-state index in [-0.39, 0.29) is 17.0 Å². The largest absolute Gasteiger partial charge is 0.345 e. The fourth-order valence-corrected chi connectivity index (χ4v) is 3.79. The van der Waals surface area contributed by atoms with E-state index < -0.39 is 15.9 Å². The van der Waals surface area contributed by atoms with Crippen molar-refractivity contribution < 1.29 is 13.2 Å². The van der Waals surface area contributed by atoms with Crippen LogP contribution in [0.25, 0.3) is 11.4 Å². The Morgan fingerprint density at radius 1 is 1.25 bits per heavy atom. The number of nitriles is 1. The predicted octanol–water partition coefficient (Wildman–Crippen LogP) is 2.44. The van der Waals surface area contributed by atoms with Gasteiger partial charge < -0.3 is 10.3 Å². The van der Waals surface area contributed by atoms with Gasteiger partial charge in [-0.1, -0.05) is 18.2 Å². The quantitative estimate of drug-likeness (QED) is 0.552. The molecule has 2 aromatic carbocycles. The second-order valence-electron chi connectivity index (χ2n) is 5.94. The first-order valence-corrected chi connectivity index (χ1v) is 9.77. The first-order chi connectivity index (χ1) is 13.4. The van der Waals surface area contributed by atoms with Crippen LogP contribution in [0.2, 0.25) is 0 Å². The number of aromatic amines is 1. The number of hydrogen-bond donors (Lipinski definition) is 3. The summed E-state index contributed by atoms with van der Waals surface area (Å²) in [5, 5.41) is 11.3. The topological polar surface area (TPSA) is 128 Å². The standard InChI is InChI=1S/C19H17N5O3S/c1-13-5-6-15(12-17(13)28(26,27)23-8-7-20)19(25)24-16-4-2-3-14(11-16)18-21-9-10-22-18/h2-6,9-12,23H,8H2,1H3,(H,21,22)(H,24,25). The molecule has 0 saturated carbocycles. The zero-order valence-electron chi connectivity index (χ0n) is 14.9. The summed E-state index contributed by atoms with van der Waals surface area (Å²) in [5.41, 5.74) is 2.01. The molecule has 0 saturated heterocycles. The Kier molecular flexibility index (Phi) is 5.54. The number of H-pyrrole nitrogens is 1. The van der Waals surface area contributed by atoms with E-state index in [0.717, 1.165) is 5.56 Å². The summed E-state index contributed by atoms with van der Waals surface area (Å²) in [6.07, 6.45) is 3.34. The van der Waals surface area contributed by atoms with Crippen molar-refractivity contribution in [3.63, 3.8) is 0 Å². The number of nitrogens with zero attached hydrogens (tertiary/aromatic N) is 2. The molecule has 0 aliphatic carbocycles. The molecule has 0 unspecified atom stereocenters. The molecule has 142 valence electrons. The number of carbonyl (C=O) groups excluding carboxylic acids is 1. The molecular formula is C19H17N5O3S. The minimum Gasteiger partial charge on any atom is -0.345 e. The average molecular weight is 395 g/mol. The molecule has 0 spiro atoms. The number of anilines is 1. The lowest BCUT2D eigenvalue weighted by atomic mass is 10.1. The van der Waals surface area contributed by atoms with Gasteiger partial charge in [0.05, 0.1) is 17.5 Å². The highest BCUT2D eigenvalue weighted by molar-refractivity contribution is 7.89. The van der Waals surface area contributed by atoms with Crippen LogP contribution in [0.15, 0.2) is 59.8 Å². The summed E-state index contributed by atoms with van der Waals surface area (Å²) >= 11 is 0. The van der Waals surface area contributed by atoms with Crippen LogP contribution in [0.5, 0.6) is 0 Å². The van der Waals surface area contributed by atoms with Crippen LogP contribution in [-0.4, -0.2) is 30.8 Å². The van der Waals surface area contributed by atoms with E-state index in [0.29, 0.717) is 17.1 Å². The van der Waals surface area contributed by atoms with E-state index in [1.165, 1.54) is 6.07 Å². The van der Waals surface area contributed by atoms with Crippen LogP contribution in [0.4, 0.5) is 5.69 Å². The molecule has 8 nitrogen and oxygen atoms in total. The second kappa shape index (κ2) is 8.04. The fourth-order valence-electron chi connectivity index (χ4n) is 2.61. The highest BCUT2D eigenvalue weighted by Crippen LogP contribution is 2.21. The van der Waals surface area contributed by atoms with Gasteiger partial charge in [-0.15, -0.1) is 0 Å². The molecule has 3 rings (SSSR count). The summed E-state index contributed by atoms with van der Waals surface area (Å²) in [6, 6.07) is 13.2. The van der Waals surface area contributed by atoms with Crippen LogP contribution in [0, 0.1) is 18.3 Å². The SMILES string of the molecule is Cc1ccc(C(=O)Nc2cccc(-c3ncc[nH]3)c2)cc1S(=O)(=O)NCC#N. The summed E-state index contributed by atoms with van der Waals surface area (Å²) in [7, 11) is -3.88.